The van der Waals surface area contributed by atoms with E-state index in [9.17, 15) is 9.90 Å². The van der Waals surface area contributed by atoms with Gasteiger partial charge in [-0.3, -0.25) is 4.79 Å². The minimum absolute atomic E-state index is 0.0490. The lowest BCUT2D eigenvalue weighted by atomic mass is 9.78. The van der Waals surface area contributed by atoms with Gasteiger partial charge in [0.25, 0.3) is 0 Å². The van der Waals surface area contributed by atoms with Crippen LogP contribution in [0.2, 0.25) is 0 Å². The zero-order chi connectivity index (χ0) is 13.8. The van der Waals surface area contributed by atoms with Gasteiger partial charge in [0.05, 0.1) is 18.6 Å². The number of aliphatic hydroxyl groups excluding tert-OH is 1. The number of hydrogen-bond acceptors (Lipinski definition) is 4. The van der Waals surface area contributed by atoms with E-state index in [1.807, 2.05) is 18.4 Å². The van der Waals surface area contributed by atoms with E-state index in [2.05, 4.69) is 15.9 Å². The quantitative estimate of drug-likeness (QED) is 0.840. The van der Waals surface area contributed by atoms with Crippen molar-refractivity contribution in [2.24, 2.45) is 11.8 Å². The Bertz CT molecular complexity index is 432. The molecule has 0 amide bonds. The molecule has 1 saturated carbocycles. The molecule has 19 heavy (non-hydrogen) atoms. The molecule has 1 fully saturated rings. The van der Waals surface area contributed by atoms with Gasteiger partial charge in [-0.15, -0.1) is 11.3 Å². The second-order valence-electron chi connectivity index (χ2n) is 4.95. The summed E-state index contributed by atoms with van der Waals surface area (Å²) in [6.45, 7) is 2.26. The topological polar surface area (TPSA) is 46.5 Å². The molecule has 3 atom stereocenters. The average Bonchev–Trinajstić information content (AvgIpc) is 2.84. The lowest BCUT2D eigenvalue weighted by Crippen LogP contribution is -2.27. The molecule has 1 aromatic heterocycles. The number of thiophene rings is 1. The van der Waals surface area contributed by atoms with Crippen LogP contribution in [0.4, 0.5) is 0 Å². The Labute approximate surface area is 126 Å². The molecular weight excluding hydrogens is 328 g/mol. The molecule has 1 heterocycles. The van der Waals surface area contributed by atoms with Gasteiger partial charge >= 0.3 is 5.97 Å². The summed E-state index contributed by atoms with van der Waals surface area (Å²) in [4.78, 5) is 12.8. The molecule has 106 valence electrons. The number of halogens is 1. The first-order chi connectivity index (χ1) is 9.13. The highest BCUT2D eigenvalue weighted by molar-refractivity contribution is 9.10. The van der Waals surface area contributed by atoms with Crippen LogP contribution in [0, 0.1) is 11.8 Å². The van der Waals surface area contributed by atoms with Gasteiger partial charge in [0.15, 0.2) is 0 Å². The van der Waals surface area contributed by atoms with E-state index in [0.717, 1.165) is 35.0 Å². The summed E-state index contributed by atoms with van der Waals surface area (Å²) in [7, 11) is 0. The van der Waals surface area contributed by atoms with E-state index in [1.54, 1.807) is 11.3 Å². The maximum Gasteiger partial charge on any atom is 0.308 e. The normalized spacial score (nSPS) is 25.0. The highest BCUT2D eigenvalue weighted by Crippen LogP contribution is 2.41. The van der Waals surface area contributed by atoms with Crippen molar-refractivity contribution in [3.63, 3.8) is 0 Å². The standard InChI is InChI=1S/C14H19BrO3S/c1-2-18-14(17)10-5-3-4-9(8-10)12(16)13-11(15)6-7-19-13/h6-7,9-10,12,16H,2-5,8H2,1H3. The average molecular weight is 347 g/mol. The molecule has 0 saturated heterocycles. The lowest BCUT2D eigenvalue weighted by Gasteiger charge is -2.30. The van der Waals surface area contributed by atoms with E-state index < -0.39 is 6.10 Å². The van der Waals surface area contributed by atoms with Crippen molar-refractivity contribution in [2.75, 3.05) is 6.61 Å². The molecule has 2 rings (SSSR count). The summed E-state index contributed by atoms with van der Waals surface area (Å²) in [5.74, 6) is -0.00478. The second-order valence-corrected chi connectivity index (χ2v) is 6.76. The van der Waals surface area contributed by atoms with Crippen LogP contribution in [0.5, 0.6) is 0 Å². The van der Waals surface area contributed by atoms with Gasteiger partial charge in [-0.2, -0.15) is 0 Å². The zero-order valence-electron chi connectivity index (χ0n) is 11.0. The van der Waals surface area contributed by atoms with Gasteiger partial charge in [0.1, 0.15) is 0 Å². The van der Waals surface area contributed by atoms with Gasteiger partial charge in [0, 0.05) is 9.35 Å². The van der Waals surface area contributed by atoms with E-state index in [4.69, 9.17) is 4.74 Å². The maximum absolute atomic E-state index is 11.8. The Morgan fingerprint density at radius 3 is 3.05 bits per heavy atom. The predicted octanol–water partition coefficient (Wildman–Crippen LogP) is 3.91. The molecule has 5 heteroatoms. The van der Waals surface area contributed by atoms with Gasteiger partial charge in [-0.1, -0.05) is 6.42 Å². The molecule has 0 aromatic carbocycles. The molecule has 0 aliphatic heterocycles. The Morgan fingerprint density at radius 1 is 1.63 bits per heavy atom. The van der Waals surface area contributed by atoms with Crippen molar-refractivity contribution in [3.05, 3.63) is 20.8 Å². The fourth-order valence-electron chi connectivity index (χ4n) is 2.72. The van der Waals surface area contributed by atoms with Crippen molar-refractivity contribution in [3.8, 4) is 0 Å². The second kappa shape index (κ2) is 6.86. The number of carbonyl (C=O) groups excluding carboxylic acids is 1. The monoisotopic (exact) mass is 346 g/mol. The van der Waals surface area contributed by atoms with E-state index in [-0.39, 0.29) is 17.8 Å². The van der Waals surface area contributed by atoms with Gasteiger partial charge < -0.3 is 9.84 Å². The molecule has 0 radical (unpaired) electrons. The number of rotatable bonds is 4. The van der Waals surface area contributed by atoms with Gasteiger partial charge in [-0.05, 0) is 59.5 Å². The van der Waals surface area contributed by atoms with E-state index >= 15 is 0 Å². The van der Waals surface area contributed by atoms with Crippen LogP contribution >= 0.6 is 27.3 Å². The Morgan fingerprint density at radius 2 is 2.42 bits per heavy atom. The first-order valence-corrected chi connectivity index (χ1v) is 8.38. The molecule has 0 bridgehead atoms. The van der Waals surface area contributed by atoms with Crippen LogP contribution < -0.4 is 0 Å². The third kappa shape index (κ3) is 3.58. The fourth-order valence-corrected chi connectivity index (χ4v) is 4.40. The third-order valence-electron chi connectivity index (χ3n) is 3.69. The highest BCUT2D eigenvalue weighted by atomic mass is 79.9. The number of aliphatic hydroxyl groups is 1. The molecule has 0 spiro atoms. The van der Waals surface area contributed by atoms with Crippen LogP contribution in [0.25, 0.3) is 0 Å². The summed E-state index contributed by atoms with van der Waals surface area (Å²) < 4.78 is 6.06. The number of esters is 1. The Hall–Kier alpha value is -0.390. The first-order valence-electron chi connectivity index (χ1n) is 6.71. The summed E-state index contributed by atoms with van der Waals surface area (Å²) in [5, 5.41) is 12.4. The summed E-state index contributed by atoms with van der Waals surface area (Å²) in [5.41, 5.74) is 0. The zero-order valence-corrected chi connectivity index (χ0v) is 13.4. The minimum atomic E-state index is -0.480. The number of hydrogen-bond donors (Lipinski definition) is 1. The van der Waals surface area contributed by atoms with Crippen molar-refractivity contribution in [2.45, 2.75) is 38.7 Å². The van der Waals surface area contributed by atoms with Crippen molar-refractivity contribution >= 4 is 33.2 Å². The van der Waals surface area contributed by atoms with Gasteiger partial charge in [-0.25, -0.2) is 0 Å². The molecule has 1 aliphatic carbocycles. The van der Waals surface area contributed by atoms with Gasteiger partial charge in [0.2, 0.25) is 0 Å². The van der Waals surface area contributed by atoms with Crippen LogP contribution in [-0.2, 0) is 9.53 Å². The predicted molar refractivity (Wildman–Crippen MR) is 79.1 cm³/mol. The summed E-state index contributed by atoms with van der Waals surface area (Å²) in [6.07, 6.45) is 3.08. The first kappa shape index (κ1) is 15.0. The highest BCUT2D eigenvalue weighted by Gasteiger charge is 2.33. The smallest absolute Gasteiger partial charge is 0.308 e. The molecule has 1 N–H and O–H groups in total. The lowest BCUT2D eigenvalue weighted by molar-refractivity contribution is -0.150. The van der Waals surface area contributed by atoms with E-state index in [1.165, 1.54) is 0 Å². The molecule has 1 aliphatic rings. The molecule has 1 aromatic rings. The maximum atomic E-state index is 11.8. The van der Waals surface area contributed by atoms with Crippen molar-refractivity contribution in [1.29, 1.82) is 0 Å². The van der Waals surface area contributed by atoms with Crippen molar-refractivity contribution in [1.82, 2.24) is 0 Å². The van der Waals surface area contributed by atoms with Crippen LogP contribution in [0.3, 0.4) is 0 Å². The Kier molecular flexibility index (Phi) is 5.42. The number of ether oxygens (including phenoxy) is 1. The van der Waals surface area contributed by atoms with E-state index in [0.29, 0.717) is 6.61 Å². The largest absolute Gasteiger partial charge is 0.466 e. The molecule has 3 unspecified atom stereocenters. The molecule has 3 nitrogen and oxygen atoms in total. The Balaban J connectivity index is 2.01. The fraction of sp³-hybridized carbons (Fsp3) is 0.643. The van der Waals surface area contributed by atoms with Crippen LogP contribution in [0.15, 0.2) is 15.9 Å². The summed E-state index contributed by atoms with van der Waals surface area (Å²) >= 11 is 5.02. The third-order valence-corrected chi connectivity index (χ3v) is 5.64. The summed E-state index contributed by atoms with van der Waals surface area (Å²) in [6, 6.07) is 1.95. The van der Waals surface area contributed by atoms with Crippen molar-refractivity contribution < 1.29 is 14.6 Å². The van der Waals surface area contributed by atoms with Crippen LogP contribution in [0.1, 0.15) is 43.6 Å². The molecular formula is C14H19BrO3S. The minimum Gasteiger partial charge on any atom is -0.466 e. The SMILES string of the molecule is CCOC(=O)C1CCCC(C(O)c2sccc2Br)C1. The van der Waals surface area contributed by atoms with Crippen LogP contribution in [-0.4, -0.2) is 17.7 Å². The number of carbonyl (C=O) groups is 1.